The van der Waals surface area contributed by atoms with E-state index >= 15 is 0 Å². The monoisotopic (exact) mass is 263 g/mol. The smallest absolute Gasteiger partial charge is 0.325 e. The zero-order chi connectivity index (χ0) is 13.8. The predicted octanol–water partition coefficient (Wildman–Crippen LogP) is 1.74. The summed E-state index contributed by atoms with van der Waals surface area (Å²) in [6, 6.07) is 0.198. The molecule has 0 N–H and O–H groups in total. The molecular formula is C14H21N3O2. The molecule has 0 radical (unpaired) electrons. The van der Waals surface area contributed by atoms with Gasteiger partial charge in [0.1, 0.15) is 18.7 Å². The largest absolute Gasteiger partial charge is 0.465 e. The fourth-order valence-corrected chi connectivity index (χ4v) is 2.44. The van der Waals surface area contributed by atoms with Crippen molar-refractivity contribution in [2.24, 2.45) is 0 Å². The van der Waals surface area contributed by atoms with Crippen LogP contribution >= 0.6 is 0 Å². The van der Waals surface area contributed by atoms with Crippen LogP contribution in [0.4, 0.5) is 5.82 Å². The number of rotatable bonds is 5. The Morgan fingerprint density at radius 2 is 2.21 bits per heavy atom. The third kappa shape index (κ3) is 3.03. The molecule has 1 aliphatic rings. The minimum Gasteiger partial charge on any atom is -0.465 e. The molecule has 0 unspecified atom stereocenters. The molecule has 1 aliphatic carbocycles. The van der Waals surface area contributed by atoms with Gasteiger partial charge in [0.2, 0.25) is 0 Å². The number of carbonyl (C=O) groups is 1. The number of carbonyl (C=O) groups excluding carboxylic acids is 1. The Balaban J connectivity index is 2.25. The van der Waals surface area contributed by atoms with Crippen LogP contribution in [0.3, 0.4) is 0 Å². The van der Waals surface area contributed by atoms with Gasteiger partial charge in [-0.2, -0.15) is 0 Å². The summed E-state index contributed by atoms with van der Waals surface area (Å²) in [7, 11) is 0. The maximum atomic E-state index is 11.7. The first-order valence-corrected chi connectivity index (χ1v) is 6.88. The normalized spacial score (nSPS) is 13.5. The SMILES string of the molecule is CCOC(=O)CN(c1ncnc2c1CCC2)C(C)C. The molecule has 0 bridgehead atoms. The molecule has 0 aliphatic heterocycles. The Bertz CT molecular complexity index is 460. The van der Waals surface area contributed by atoms with E-state index in [1.165, 1.54) is 5.56 Å². The van der Waals surface area contributed by atoms with Gasteiger partial charge in [0.05, 0.1) is 6.61 Å². The lowest BCUT2D eigenvalue weighted by molar-refractivity contribution is -0.141. The molecule has 0 amide bonds. The average molecular weight is 263 g/mol. The minimum atomic E-state index is -0.207. The highest BCUT2D eigenvalue weighted by Gasteiger charge is 2.24. The Kier molecular flexibility index (Phi) is 4.35. The van der Waals surface area contributed by atoms with E-state index < -0.39 is 0 Å². The molecule has 2 rings (SSSR count). The molecule has 5 nitrogen and oxygen atoms in total. The van der Waals surface area contributed by atoms with E-state index in [2.05, 4.69) is 23.8 Å². The van der Waals surface area contributed by atoms with Crippen molar-refractivity contribution in [3.63, 3.8) is 0 Å². The van der Waals surface area contributed by atoms with Gasteiger partial charge in [-0.25, -0.2) is 9.97 Å². The maximum Gasteiger partial charge on any atom is 0.325 e. The van der Waals surface area contributed by atoms with Crippen LogP contribution in [0.1, 0.15) is 38.4 Å². The molecule has 104 valence electrons. The zero-order valence-electron chi connectivity index (χ0n) is 11.8. The zero-order valence-corrected chi connectivity index (χ0v) is 11.8. The first-order valence-electron chi connectivity index (χ1n) is 6.88. The summed E-state index contributed by atoms with van der Waals surface area (Å²) in [5.74, 6) is 0.687. The Labute approximate surface area is 114 Å². The van der Waals surface area contributed by atoms with Crippen LogP contribution in [-0.2, 0) is 22.4 Å². The Morgan fingerprint density at radius 3 is 2.89 bits per heavy atom. The van der Waals surface area contributed by atoms with Crippen molar-refractivity contribution >= 4 is 11.8 Å². The van der Waals surface area contributed by atoms with E-state index in [4.69, 9.17) is 4.74 Å². The molecule has 19 heavy (non-hydrogen) atoms. The topological polar surface area (TPSA) is 55.3 Å². The van der Waals surface area contributed by atoms with Gasteiger partial charge in [-0.15, -0.1) is 0 Å². The summed E-state index contributed by atoms with van der Waals surface area (Å²) in [6.45, 7) is 6.59. The van der Waals surface area contributed by atoms with Gasteiger partial charge in [0, 0.05) is 17.3 Å². The number of ether oxygens (including phenoxy) is 1. The van der Waals surface area contributed by atoms with E-state index in [9.17, 15) is 4.79 Å². The summed E-state index contributed by atoms with van der Waals surface area (Å²) in [4.78, 5) is 22.4. The lowest BCUT2D eigenvalue weighted by Gasteiger charge is -2.28. The lowest BCUT2D eigenvalue weighted by Crippen LogP contribution is -2.38. The number of aryl methyl sites for hydroxylation is 1. The third-order valence-corrected chi connectivity index (χ3v) is 3.35. The molecule has 0 fully saturated rings. The number of hydrogen-bond acceptors (Lipinski definition) is 5. The molecule has 1 aromatic rings. The number of nitrogens with zero attached hydrogens (tertiary/aromatic N) is 3. The van der Waals surface area contributed by atoms with Crippen molar-refractivity contribution in [3.8, 4) is 0 Å². The second kappa shape index (κ2) is 5.99. The molecule has 5 heteroatoms. The molecule has 0 saturated carbocycles. The van der Waals surface area contributed by atoms with Gasteiger partial charge in [-0.3, -0.25) is 4.79 Å². The van der Waals surface area contributed by atoms with E-state index in [1.807, 2.05) is 11.8 Å². The highest BCUT2D eigenvalue weighted by molar-refractivity contribution is 5.76. The van der Waals surface area contributed by atoms with Crippen molar-refractivity contribution in [2.75, 3.05) is 18.1 Å². The van der Waals surface area contributed by atoms with E-state index in [0.717, 1.165) is 30.8 Å². The Hall–Kier alpha value is -1.65. The van der Waals surface area contributed by atoms with Gasteiger partial charge >= 0.3 is 5.97 Å². The standard InChI is InChI=1S/C14H21N3O2/c1-4-19-13(18)8-17(10(2)3)14-11-6-5-7-12(11)15-9-16-14/h9-10H,4-8H2,1-3H3. The summed E-state index contributed by atoms with van der Waals surface area (Å²) in [5.41, 5.74) is 2.32. The minimum absolute atomic E-state index is 0.198. The van der Waals surface area contributed by atoms with Crippen molar-refractivity contribution in [3.05, 3.63) is 17.6 Å². The molecule has 0 aromatic carbocycles. The highest BCUT2D eigenvalue weighted by atomic mass is 16.5. The quantitative estimate of drug-likeness (QED) is 0.757. The average Bonchev–Trinajstić information content (AvgIpc) is 2.84. The number of anilines is 1. The van der Waals surface area contributed by atoms with Crippen LogP contribution in [-0.4, -0.2) is 35.1 Å². The van der Waals surface area contributed by atoms with E-state index in [0.29, 0.717) is 6.61 Å². The third-order valence-electron chi connectivity index (χ3n) is 3.35. The van der Waals surface area contributed by atoms with Crippen molar-refractivity contribution < 1.29 is 9.53 Å². The van der Waals surface area contributed by atoms with Crippen molar-refractivity contribution in [1.82, 2.24) is 9.97 Å². The fourth-order valence-electron chi connectivity index (χ4n) is 2.44. The number of esters is 1. The van der Waals surface area contributed by atoms with Gasteiger partial charge in [-0.05, 0) is 40.0 Å². The van der Waals surface area contributed by atoms with E-state index in [1.54, 1.807) is 6.33 Å². The molecule has 0 saturated heterocycles. The molecule has 0 atom stereocenters. The van der Waals surface area contributed by atoms with Crippen LogP contribution in [0.5, 0.6) is 0 Å². The predicted molar refractivity (Wildman–Crippen MR) is 73.2 cm³/mol. The van der Waals surface area contributed by atoms with Gasteiger partial charge in [-0.1, -0.05) is 0 Å². The maximum absolute atomic E-state index is 11.7. The van der Waals surface area contributed by atoms with E-state index in [-0.39, 0.29) is 18.6 Å². The summed E-state index contributed by atoms with van der Waals surface area (Å²) in [6.07, 6.45) is 4.72. The summed E-state index contributed by atoms with van der Waals surface area (Å²) in [5, 5.41) is 0. The van der Waals surface area contributed by atoms with Crippen LogP contribution in [0.15, 0.2) is 6.33 Å². The molecule has 1 heterocycles. The highest BCUT2D eigenvalue weighted by Crippen LogP contribution is 2.28. The van der Waals surface area contributed by atoms with Crippen LogP contribution in [0, 0.1) is 0 Å². The molecule has 0 spiro atoms. The second-order valence-corrected chi connectivity index (χ2v) is 5.00. The second-order valence-electron chi connectivity index (χ2n) is 5.00. The number of aromatic nitrogens is 2. The van der Waals surface area contributed by atoms with Crippen LogP contribution in [0.2, 0.25) is 0 Å². The molecule has 1 aromatic heterocycles. The van der Waals surface area contributed by atoms with Gasteiger partial charge < -0.3 is 9.64 Å². The summed E-state index contributed by atoms with van der Waals surface area (Å²) >= 11 is 0. The molecular weight excluding hydrogens is 242 g/mol. The lowest BCUT2D eigenvalue weighted by atomic mass is 10.2. The van der Waals surface area contributed by atoms with Crippen molar-refractivity contribution in [1.29, 1.82) is 0 Å². The van der Waals surface area contributed by atoms with Gasteiger partial charge in [0.25, 0.3) is 0 Å². The first kappa shape index (κ1) is 13.8. The van der Waals surface area contributed by atoms with Crippen molar-refractivity contribution in [2.45, 2.75) is 46.1 Å². The summed E-state index contributed by atoms with van der Waals surface area (Å²) < 4.78 is 5.04. The number of fused-ring (bicyclic) bond motifs is 1. The Morgan fingerprint density at radius 1 is 1.42 bits per heavy atom. The fraction of sp³-hybridized carbons (Fsp3) is 0.643. The first-order chi connectivity index (χ1) is 9.13. The van der Waals surface area contributed by atoms with Crippen LogP contribution < -0.4 is 4.90 Å². The van der Waals surface area contributed by atoms with Crippen LogP contribution in [0.25, 0.3) is 0 Å². The number of hydrogen-bond donors (Lipinski definition) is 0. The van der Waals surface area contributed by atoms with Gasteiger partial charge in [0.15, 0.2) is 0 Å².